The van der Waals surface area contributed by atoms with Crippen LogP contribution >= 0.6 is 11.8 Å². The molecule has 0 spiro atoms. The Balaban J connectivity index is 1.43. The summed E-state index contributed by atoms with van der Waals surface area (Å²) < 4.78 is 7.28. The molecule has 0 atom stereocenters. The minimum atomic E-state index is 0.110. The van der Waals surface area contributed by atoms with Crippen LogP contribution in [-0.2, 0) is 12.8 Å². The molecule has 1 aliphatic rings. The van der Waals surface area contributed by atoms with Crippen molar-refractivity contribution >= 4 is 17.5 Å². The number of methoxy groups -OCH3 is 1. The number of nitrogens with zero attached hydrogens (tertiary/aromatic N) is 3. The molecule has 5 rings (SSSR count). The van der Waals surface area contributed by atoms with E-state index in [9.17, 15) is 4.79 Å². The standard InChI is InChI=1S/C26H23N3O2S/c1-31-23-14-12-19(13-15-23)25-27-28-26(29(25)22-8-3-2-4-9-22)32-17-24(30)21-11-10-18-6-5-7-20(18)16-21/h2-4,8-16H,5-7,17H2,1H3. The fraction of sp³-hybridized carbons (Fsp3) is 0.192. The van der Waals surface area contributed by atoms with Gasteiger partial charge >= 0.3 is 0 Å². The minimum absolute atomic E-state index is 0.110. The van der Waals surface area contributed by atoms with E-state index < -0.39 is 0 Å². The van der Waals surface area contributed by atoms with Gasteiger partial charge in [-0.3, -0.25) is 9.36 Å². The third kappa shape index (κ3) is 4.06. The molecule has 3 aromatic carbocycles. The molecule has 0 saturated carbocycles. The van der Waals surface area contributed by atoms with E-state index in [0.717, 1.165) is 41.2 Å². The van der Waals surface area contributed by atoms with Crippen molar-refractivity contribution in [3.63, 3.8) is 0 Å². The number of hydrogen-bond acceptors (Lipinski definition) is 5. The molecule has 0 N–H and O–H groups in total. The lowest BCUT2D eigenvalue weighted by molar-refractivity contribution is 0.102. The first-order valence-corrected chi connectivity index (χ1v) is 11.6. The number of thioether (sulfide) groups is 1. The van der Waals surface area contributed by atoms with Crippen LogP contribution in [0.2, 0.25) is 0 Å². The van der Waals surface area contributed by atoms with Gasteiger partial charge in [-0.25, -0.2) is 0 Å². The summed E-state index contributed by atoms with van der Waals surface area (Å²) in [6.07, 6.45) is 3.36. The van der Waals surface area contributed by atoms with Gasteiger partial charge in [0.2, 0.25) is 0 Å². The van der Waals surface area contributed by atoms with Gasteiger partial charge < -0.3 is 4.74 Å². The first kappa shape index (κ1) is 20.5. The second kappa shape index (κ2) is 9.01. The maximum absolute atomic E-state index is 12.9. The van der Waals surface area contributed by atoms with Gasteiger partial charge in [0.15, 0.2) is 16.8 Å². The first-order valence-electron chi connectivity index (χ1n) is 10.7. The molecule has 0 fully saturated rings. The van der Waals surface area contributed by atoms with Crippen molar-refractivity contribution in [3.05, 3.63) is 89.5 Å². The number of para-hydroxylation sites is 1. The second-order valence-electron chi connectivity index (χ2n) is 7.75. The van der Waals surface area contributed by atoms with Crippen molar-refractivity contribution in [1.29, 1.82) is 0 Å². The van der Waals surface area contributed by atoms with E-state index in [1.807, 2.05) is 65.2 Å². The highest BCUT2D eigenvalue weighted by atomic mass is 32.2. The monoisotopic (exact) mass is 441 g/mol. The predicted octanol–water partition coefficient (Wildman–Crippen LogP) is 5.41. The van der Waals surface area contributed by atoms with Gasteiger partial charge in [0.05, 0.1) is 12.9 Å². The number of hydrogen-bond donors (Lipinski definition) is 0. The van der Waals surface area contributed by atoms with Crippen LogP contribution in [0.25, 0.3) is 17.1 Å². The Hall–Kier alpha value is -3.38. The zero-order valence-electron chi connectivity index (χ0n) is 17.8. The summed E-state index contributed by atoms with van der Waals surface area (Å²) in [5.41, 5.74) is 5.35. The molecule has 0 aliphatic heterocycles. The maximum Gasteiger partial charge on any atom is 0.196 e. The van der Waals surface area contributed by atoms with Crippen molar-refractivity contribution in [2.24, 2.45) is 0 Å². The van der Waals surface area contributed by atoms with E-state index in [0.29, 0.717) is 10.9 Å². The molecular weight excluding hydrogens is 418 g/mol. The number of rotatable bonds is 7. The Morgan fingerprint density at radius 3 is 2.53 bits per heavy atom. The topological polar surface area (TPSA) is 57.0 Å². The molecule has 5 nitrogen and oxygen atoms in total. The summed E-state index contributed by atoms with van der Waals surface area (Å²) in [5, 5.41) is 9.57. The van der Waals surface area contributed by atoms with Crippen molar-refractivity contribution in [1.82, 2.24) is 14.8 Å². The summed E-state index contributed by atoms with van der Waals surface area (Å²) >= 11 is 1.42. The number of carbonyl (C=O) groups is 1. The van der Waals surface area contributed by atoms with Crippen LogP contribution in [0, 0.1) is 0 Å². The molecule has 1 heterocycles. The van der Waals surface area contributed by atoms with Crippen LogP contribution in [0.3, 0.4) is 0 Å². The van der Waals surface area contributed by atoms with Crippen LogP contribution in [0.1, 0.15) is 27.9 Å². The third-order valence-corrected chi connectivity index (χ3v) is 6.68. The first-order chi connectivity index (χ1) is 15.7. The average Bonchev–Trinajstić information content (AvgIpc) is 3.49. The molecule has 4 aromatic rings. The highest BCUT2D eigenvalue weighted by Crippen LogP contribution is 2.30. The van der Waals surface area contributed by atoms with E-state index in [2.05, 4.69) is 22.3 Å². The van der Waals surface area contributed by atoms with E-state index in [1.165, 1.54) is 29.3 Å². The van der Waals surface area contributed by atoms with E-state index in [1.54, 1.807) is 7.11 Å². The average molecular weight is 442 g/mol. The molecule has 0 saturated heterocycles. The fourth-order valence-corrected chi connectivity index (χ4v) is 4.91. The second-order valence-corrected chi connectivity index (χ2v) is 8.70. The van der Waals surface area contributed by atoms with E-state index >= 15 is 0 Å². The quantitative estimate of drug-likeness (QED) is 0.284. The smallest absolute Gasteiger partial charge is 0.196 e. The predicted molar refractivity (Wildman–Crippen MR) is 127 cm³/mol. The maximum atomic E-state index is 12.9. The highest BCUT2D eigenvalue weighted by molar-refractivity contribution is 7.99. The molecule has 0 unspecified atom stereocenters. The number of ether oxygens (including phenoxy) is 1. The van der Waals surface area contributed by atoms with Crippen LogP contribution in [0.4, 0.5) is 0 Å². The van der Waals surface area contributed by atoms with Crippen molar-refractivity contribution < 1.29 is 9.53 Å². The molecule has 160 valence electrons. The van der Waals surface area contributed by atoms with Crippen LogP contribution < -0.4 is 4.74 Å². The summed E-state index contributed by atoms with van der Waals surface area (Å²) in [7, 11) is 1.65. The number of ketones is 1. The molecule has 0 bridgehead atoms. The van der Waals surface area contributed by atoms with Gasteiger partial charge in [0.25, 0.3) is 0 Å². The molecule has 1 aliphatic carbocycles. The number of fused-ring (bicyclic) bond motifs is 1. The Morgan fingerprint density at radius 1 is 0.969 bits per heavy atom. The SMILES string of the molecule is COc1ccc(-c2nnc(SCC(=O)c3ccc4c(c3)CCC4)n2-c2ccccc2)cc1. The summed E-state index contributed by atoms with van der Waals surface area (Å²) in [6.45, 7) is 0. The third-order valence-electron chi connectivity index (χ3n) is 5.75. The Labute approximate surface area is 191 Å². The van der Waals surface area contributed by atoms with Gasteiger partial charge in [0, 0.05) is 16.8 Å². The lowest BCUT2D eigenvalue weighted by atomic mass is 10.0. The molecule has 1 aromatic heterocycles. The molecule has 32 heavy (non-hydrogen) atoms. The van der Waals surface area contributed by atoms with Gasteiger partial charge in [-0.1, -0.05) is 42.1 Å². The van der Waals surface area contributed by atoms with Gasteiger partial charge in [-0.2, -0.15) is 0 Å². The normalized spacial score (nSPS) is 12.5. The Morgan fingerprint density at radius 2 is 1.75 bits per heavy atom. The zero-order valence-corrected chi connectivity index (χ0v) is 18.6. The molecular formula is C26H23N3O2S. The van der Waals surface area contributed by atoms with Gasteiger partial charge in [0.1, 0.15) is 5.75 Å². The lowest BCUT2D eigenvalue weighted by Gasteiger charge is -2.11. The number of Topliss-reactive ketones (excluding diaryl/α,β-unsaturated/α-hetero) is 1. The fourth-order valence-electron chi connectivity index (χ4n) is 4.06. The number of aromatic nitrogens is 3. The zero-order chi connectivity index (χ0) is 21.9. The van der Waals surface area contributed by atoms with Crippen LogP contribution in [-0.4, -0.2) is 33.4 Å². The van der Waals surface area contributed by atoms with Gasteiger partial charge in [-0.15, -0.1) is 10.2 Å². The van der Waals surface area contributed by atoms with E-state index in [4.69, 9.17) is 4.74 Å². The van der Waals surface area contributed by atoms with Crippen molar-refractivity contribution in [3.8, 4) is 22.8 Å². The number of benzene rings is 3. The Kier molecular flexibility index (Phi) is 5.77. The Bertz CT molecular complexity index is 1250. The summed E-state index contributed by atoms with van der Waals surface area (Å²) in [6, 6.07) is 23.8. The summed E-state index contributed by atoms with van der Waals surface area (Å²) in [5.74, 6) is 1.94. The number of carbonyl (C=O) groups excluding carboxylic acids is 1. The minimum Gasteiger partial charge on any atom is -0.497 e. The molecule has 0 radical (unpaired) electrons. The van der Waals surface area contributed by atoms with Crippen LogP contribution in [0.5, 0.6) is 5.75 Å². The molecule has 0 amide bonds. The van der Waals surface area contributed by atoms with Crippen LogP contribution in [0.15, 0.2) is 78.0 Å². The number of aryl methyl sites for hydroxylation is 2. The van der Waals surface area contributed by atoms with E-state index in [-0.39, 0.29) is 5.78 Å². The van der Waals surface area contributed by atoms with Crippen molar-refractivity contribution in [2.75, 3.05) is 12.9 Å². The highest BCUT2D eigenvalue weighted by Gasteiger charge is 2.19. The lowest BCUT2D eigenvalue weighted by Crippen LogP contribution is -2.05. The van der Waals surface area contributed by atoms with Gasteiger partial charge in [-0.05, 0) is 72.9 Å². The molecule has 6 heteroatoms. The largest absolute Gasteiger partial charge is 0.497 e. The summed E-state index contributed by atoms with van der Waals surface area (Å²) in [4.78, 5) is 12.9. The van der Waals surface area contributed by atoms with Crippen molar-refractivity contribution in [2.45, 2.75) is 24.4 Å².